The van der Waals surface area contributed by atoms with Crippen LogP contribution >= 0.6 is 0 Å². The van der Waals surface area contributed by atoms with E-state index < -0.39 is 53.9 Å². The summed E-state index contributed by atoms with van der Waals surface area (Å²) in [6, 6.07) is 17.0. The van der Waals surface area contributed by atoms with Crippen molar-refractivity contribution in [3.8, 4) is 0 Å². The molecule has 5 amide bonds. The molecule has 13 heteroatoms. The van der Waals surface area contributed by atoms with Crippen LogP contribution in [0.5, 0.6) is 0 Å². The average Bonchev–Trinajstić information content (AvgIpc) is 3.73. The zero-order valence-corrected chi connectivity index (χ0v) is 41.1. The van der Waals surface area contributed by atoms with Gasteiger partial charge in [0.2, 0.25) is 23.6 Å². The van der Waals surface area contributed by atoms with E-state index in [1.165, 1.54) is 11.9 Å². The van der Waals surface area contributed by atoms with Crippen LogP contribution in [0.4, 0.5) is 4.79 Å². The Morgan fingerprint density at radius 1 is 0.828 bits per heavy atom. The number of likely N-dealkylation sites (N-methyl/N-ethyl adjacent to an activating group) is 2. The molecule has 13 nitrogen and oxygen atoms in total. The average molecular weight is 890 g/mol. The van der Waals surface area contributed by atoms with Crippen LogP contribution in [0.1, 0.15) is 106 Å². The Hall–Kier alpha value is -4.75. The lowest BCUT2D eigenvalue weighted by atomic mass is 9.89. The standard InChI is InChI=1S/C51H79N5O8/c1-15-35(6)45(54(11)49(60)43(33(2)3)53-48(59)44(34(4)5)55(12)50(61)64-51(8,9)10)41(62-13)32-42(57)56-30-22-27-40(56)46(63-14)36(7)47(58)52-39(31-38-25-20-17-21-26-38)29-28-37-23-18-16-19-24-37/h16-21,23-26,28-29,33-36,39-41,43-46H,15,22,27,30-32H2,1-14H3,(H,52,58)(H,53,59)/b29-28+/t35-,36+,39+,40-,41+,43-,44-,45-,46+/m0/s1. The van der Waals surface area contributed by atoms with Crippen molar-refractivity contribution in [1.29, 1.82) is 0 Å². The van der Waals surface area contributed by atoms with Gasteiger partial charge in [0.1, 0.15) is 17.7 Å². The zero-order valence-electron chi connectivity index (χ0n) is 41.1. The van der Waals surface area contributed by atoms with E-state index in [2.05, 4.69) is 10.6 Å². The van der Waals surface area contributed by atoms with Crippen LogP contribution in [-0.4, -0.2) is 127 Å². The van der Waals surface area contributed by atoms with Crippen LogP contribution in [0.2, 0.25) is 0 Å². The molecule has 0 saturated carbocycles. The van der Waals surface area contributed by atoms with E-state index in [0.29, 0.717) is 25.8 Å². The predicted molar refractivity (Wildman–Crippen MR) is 253 cm³/mol. The van der Waals surface area contributed by atoms with Gasteiger partial charge < -0.3 is 34.6 Å². The first-order valence-electron chi connectivity index (χ1n) is 23.1. The molecule has 2 N–H and O–H groups in total. The number of nitrogens with one attached hydrogen (secondary N) is 2. The zero-order chi connectivity index (χ0) is 47.9. The van der Waals surface area contributed by atoms with Gasteiger partial charge in [-0.25, -0.2) is 4.79 Å². The summed E-state index contributed by atoms with van der Waals surface area (Å²) in [5.74, 6) is -2.35. The number of hydrogen-bond donors (Lipinski definition) is 2. The summed E-state index contributed by atoms with van der Waals surface area (Å²) in [5.41, 5.74) is 1.37. The van der Waals surface area contributed by atoms with Crippen LogP contribution in [-0.2, 0) is 39.8 Å². The maximum atomic E-state index is 14.5. The fourth-order valence-corrected chi connectivity index (χ4v) is 8.79. The maximum absolute atomic E-state index is 14.5. The van der Waals surface area contributed by atoms with Crippen molar-refractivity contribution < 1.29 is 38.2 Å². The number of ether oxygens (including phenoxy) is 3. The highest BCUT2D eigenvalue weighted by atomic mass is 16.6. The van der Waals surface area contributed by atoms with Crippen LogP contribution in [0.25, 0.3) is 6.08 Å². The second-order valence-electron chi connectivity index (χ2n) is 19.2. The van der Waals surface area contributed by atoms with Crippen molar-refractivity contribution in [3.05, 3.63) is 77.9 Å². The van der Waals surface area contributed by atoms with Crippen LogP contribution in [0.15, 0.2) is 66.7 Å². The van der Waals surface area contributed by atoms with Crippen molar-refractivity contribution in [1.82, 2.24) is 25.3 Å². The van der Waals surface area contributed by atoms with Crippen LogP contribution in [0.3, 0.4) is 0 Å². The SMILES string of the molecule is CC[C@H](C)[C@@H]([C@@H](CC(=O)N1CCC[C@H]1[C@H](OC)[C@@H](C)C(=O)N[C@H](/C=C/c1ccccc1)Cc1ccccc1)OC)N(C)C(=O)[C@@H](NC(=O)[C@H](C(C)C)N(C)C(=O)OC(C)(C)C)C(C)C. The molecule has 2 aromatic carbocycles. The molecular formula is C51H79N5O8. The van der Waals surface area contributed by atoms with Gasteiger partial charge in [0.15, 0.2) is 0 Å². The molecule has 1 aliphatic rings. The molecule has 3 rings (SSSR count). The Labute approximate surface area is 384 Å². The molecule has 0 aliphatic carbocycles. The molecule has 0 unspecified atom stereocenters. The molecule has 1 aliphatic heterocycles. The molecule has 1 heterocycles. The van der Waals surface area contributed by atoms with E-state index in [9.17, 15) is 24.0 Å². The number of rotatable bonds is 22. The van der Waals surface area contributed by atoms with E-state index in [-0.39, 0.29) is 54.0 Å². The minimum Gasteiger partial charge on any atom is -0.444 e. The molecule has 0 aromatic heterocycles. The van der Waals surface area contributed by atoms with Gasteiger partial charge in [0, 0.05) is 34.9 Å². The van der Waals surface area contributed by atoms with Crippen molar-refractivity contribution in [2.45, 2.75) is 149 Å². The van der Waals surface area contributed by atoms with Crippen molar-refractivity contribution >= 4 is 35.8 Å². The van der Waals surface area contributed by atoms with Gasteiger partial charge in [-0.1, -0.05) is 128 Å². The normalized spacial score (nSPS) is 18.1. The lowest BCUT2D eigenvalue weighted by molar-refractivity contribution is -0.148. The smallest absolute Gasteiger partial charge is 0.410 e. The number of amides is 5. The molecule has 64 heavy (non-hydrogen) atoms. The Morgan fingerprint density at radius 3 is 1.97 bits per heavy atom. The summed E-state index contributed by atoms with van der Waals surface area (Å²) < 4.78 is 17.7. The molecule has 9 atom stereocenters. The van der Waals surface area contributed by atoms with E-state index in [1.807, 2.05) is 126 Å². The number of carbonyl (C=O) groups excluding carboxylic acids is 5. The van der Waals surface area contributed by atoms with Gasteiger partial charge in [-0.3, -0.25) is 24.1 Å². The maximum Gasteiger partial charge on any atom is 0.410 e. The third-order valence-electron chi connectivity index (χ3n) is 12.4. The number of carbonyl (C=O) groups is 5. The Morgan fingerprint density at radius 2 is 1.44 bits per heavy atom. The molecule has 0 bridgehead atoms. The number of hydrogen-bond acceptors (Lipinski definition) is 8. The molecule has 1 saturated heterocycles. The first-order chi connectivity index (χ1) is 30.1. The summed E-state index contributed by atoms with van der Waals surface area (Å²) in [5, 5.41) is 6.23. The summed E-state index contributed by atoms with van der Waals surface area (Å²) in [6.45, 7) is 19.1. The minimum absolute atomic E-state index is 0.00508. The molecule has 0 spiro atoms. The molecule has 0 radical (unpaired) electrons. The number of methoxy groups -OCH3 is 2. The van der Waals surface area contributed by atoms with Gasteiger partial charge in [-0.2, -0.15) is 0 Å². The number of likely N-dealkylation sites (tertiary alicyclic amines) is 1. The van der Waals surface area contributed by atoms with E-state index in [1.54, 1.807) is 46.9 Å². The Bertz CT molecular complexity index is 1820. The van der Waals surface area contributed by atoms with Gasteiger partial charge in [-0.15, -0.1) is 0 Å². The third kappa shape index (κ3) is 15.2. The fraction of sp³-hybridized carbons (Fsp3) is 0.627. The summed E-state index contributed by atoms with van der Waals surface area (Å²) in [6.07, 6.45) is 4.87. The second kappa shape index (κ2) is 25.1. The van der Waals surface area contributed by atoms with Gasteiger partial charge in [-0.05, 0) is 68.9 Å². The largest absolute Gasteiger partial charge is 0.444 e. The minimum atomic E-state index is -0.926. The lowest BCUT2D eigenvalue weighted by Crippen LogP contribution is -2.60. The highest BCUT2D eigenvalue weighted by Gasteiger charge is 2.43. The van der Waals surface area contributed by atoms with Crippen LogP contribution in [0, 0.1) is 23.7 Å². The lowest BCUT2D eigenvalue weighted by Gasteiger charge is -2.41. The second-order valence-corrected chi connectivity index (χ2v) is 19.2. The van der Waals surface area contributed by atoms with Crippen molar-refractivity contribution in [2.75, 3.05) is 34.9 Å². The summed E-state index contributed by atoms with van der Waals surface area (Å²) in [7, 11) is 6.37. The molecule has 1 fully saturated rings. The van der Waals surface area contributed by atoms with Crippen LogP contribution < -0.4 is 10.6 Å². The van der Waals surface area contributed by atoms with Gasteiger partial charge in [0.05, 0.1) is 42.7 Å². The molecule has 2 aromatic rings. The van der Waals surface area contributed by atoms with E-state index in [4.69, 9.17) is 14.2 Å². The Kier molecular flexibility index (Phi) is 21.0. The highest BCUT2D eigenvalue weighted by molar-refractivity contribution is 5.92. The van der Waals surface area contributed by atoms with Gasteiger partial charge >= 0.3 is 6.09 Å². The highest BCUT2D eigenvalue weighted by Crippen LogP contribution is 2.30. The monoisotopic (exact) mass is 890 g/mol. The third-order valence-corrected chi connectivity index (χ3v) is 12.4. The number of nitrogens with zero attached hydrogens (tertiary/aromatic N) is 3. The first kappa shape index (κ1) is 53.6. The van der Waals surface area contributed by atoms with Crippen molar-refractivity contribution in [2.24, 2.45) is 23.7 Å². The predicted octanol–water partition coefficient (Wildman–Crippen LogP) is 7.38. The fourth-order valence-electron chi connectivity index (χ4n) is 8.79. The van der Waals surface area contributed by atoms with E-state index in [0.717, 1.165) is 17.5 Å². The number of benzene rings is 2. The quantitative estimate of drug-likeness (QED) is 0.125. The first-order valence-corrected chi connectivity index (χ1v) is 23.1. The molecule has 356 valence electrons. The Balaban J connectivity index is 1.81. The van der Waals surface area contributed by atoms with Crippen molar-refractivity contribution in [3.63, 3.8) is 0 Å². The topological polar surface area (TPSA) is 147 Å². The van der Waals surface area contributed by atoms with E-state index >= 15 is 0 Å². The molecular weight excluding hydrogens is 811 g/mol. The summed E-state index contributed by atoms with van der Waals surface area (Å²) in [4.78, 5) is 74.8. The van der Waals surface area contributed by atoms with Gasteiger partial charge in [0.25, 0.3) is 0 Å². The summed E-state index contributed by atoms with van der Waals surface area (Å²) >= 11 is 0.